The Hall–Kier alpha value is -7.28. The van der Waals surface area contributed by atoms with E-state index in [2.05, 4.69) is 26.6 Å². The minimum atomic E-state index is -1.39. The maximum Gasteiger partial charge on any atom is 0.329 e. The van der Waals surface area contributed by atoms with Gasteiger partial charge in [0.25, 0.3) is 5.91 Å². The molecule has 6 rings (SSSR count). The van der Waals surface area contributed by atoms with Crippen molar-refractivity contribution in [2.45, 2.75) is 88.7 Å². The van der Waals surface area contributed by atoms with Crippen LogP contribution in [0.4, 0.5) is 0 Å². The Balaban J connectivity index is 1.43. The molecule has 5 amide bonds. The van der Waals surface area contributed by atoms with Crippen molar-refractivity contribution in [2.75, 3.05) is 0 Å². The molecule has 0 bridgehead atoms. The zero-order valence-electron chi connectivity index (χ0n) is 35.9. The molecule has 1 fully saturated rings. The number of carbonyl (C=O) groups is 6. The van der Waals surface area contributed by atoms with E-state index >= 15 is 0 Å². The molecular formula is C51H55N5O8. The third-order valence-electron chi connectivity index (χ3n) is 10.9. The number of cyclic esters (lactones) is 1. The van der Waals surface area contributed by atoms with E-state index in [1.165, 1.54) is 12.1 Å². The van der Waals surface area contributed by atoms with Crippen LogP contribution in [0.5, 0.6) is 5.75 Å². The van der Waals surface area contributed by atoms with E-state index in [-0.39, 0.29) is 50.2 Å². The Labute approximate surface area is 373 Å². The minimum Gasteiger partial charge on any atom is -0.508 e. The lowest BCUT2D eigenvalue weighted by Crippen LogP contribution is -2.61. The maximum absolute atomic E-state index is 14.6. The molecule has 1 heterocycles. The summed E-state index contributed by atoms with van der Waals surface area (Å²) in [7, 11) is 0. The van der Waals surface area contributed by atoms with E-state index in [4.69, 9.17) is 4.74 Å². The summed E-state index contributed by atoms with van der Waals surface area (Å²) < 4.78 is 6.00. The average Bonchev–Trinajstić information content (AvgIpc) is 3.29. The molecule has 1 saturated heterocycles. The number of aromatic hydroxyl groups is 1. The van der Waals surface area contributed by atoms with Crippen molar-refractivity contribution < 1.29 is 38.6 Å². The number of nitrogens with one attached hydrogen (secondary N) is 5. The van der Waals surface area contributed by atoms with Gasteiger partial charge in [-0.05, 0) is 52.3 Å². The monoisotopic (exact) mass is 865 g/mol. The van der Waals surface area contributed by atoms with Crippen LogP contribution in [0.3, 0.4) is 0 Å². The summed E-state index contributed by atoms with van der Waals surface area (Å²) in [6.07, 6.45) is -1.30. The second kappa shape index (κ2) is 22.7. The summed E-state index contributed by atoms with van der Waals surface area (Å²) in [5, 5.41) is 24.2. The Morgan fingerprint density at radius 3 is 1.02 bits per heavy atom. The normalized spacial score (nSPS) is 21.5. The van der Waals surface area contributed by atoms with Crippen LogP contribution in [-0.4, -0.2) is 76.9 Å². The number of hydrogen-bond acceptors (Lipinski definition) is 8. The first kappa shape index (κ1) is 46.2. The average molecular weight is 866 g/mol. The lowest BCUT2D eigenvalue weighted by atomic mass is 9.99. The molecule has 6 N–H and O–H groups in total. The van der Waals surface area contributed by atoms with Gasteiger partial charge in [-0.2, -0.15) is 0 Å². The molecular weight excluding hydrogens is 811 g/mol. The van der Waals surface area contributed by atoms with Gasteiger partial charge in [0, 0.05) is 32.1 Å². The van der Waals surface area contributed by atoms with Crippen LogP contribution >= 0.6 is 0 Å². The van der Waals surface area contributed by atoms with Crippen molar-refractivity contribution in [3.63, 3.8) is 0 Å². The molecule has 5 aromatic rings. The van der Waals surface area contributed by atoms with Crippen LogP contribution in [0.25, 0.3) is 0 Å². The van der Waals surface area contributed by atoms with Gasteiger partial charge in [-0.1, -0.05) is 147 Å². The molecule has 0 spiro atoms. The van der Waals surface area contributed by atoms with Gasteiger partial charge in [0.05, 0.1) is 0 Å². The highest BCUT2D eigenvalue weighted by atomic mass is 16.5. The van der Waals surface area contributed by atoms with Crippen molar-refractivity contribution in [1.29, 1.82) is 0 Å². The van der Waals surface area contributed by atoms with Gasteiger partial charge in [-0.15, -0.1) is 0 Å². The van der Waals surface area contributed by atoms with E-state index in [9.17, 15) is 33.9 Å². The molecule has 1 aliphatic heterocycles. The van der Waals surface area contributed by atoms with Gasteiger partial charge in [-0.3, -0.25) is 24.0 Å². The quantitative estimate of drug-likeness (QED) is 0.100. The van der Waals surface area contributed by atoms with Crippen molar-refractivity contribution in [3.05, 3.63) is 173 Å². The Bertz CT molecular complexity index is 2330. The van der Waals surface area contributed by atoms with E-state index in [0.29, 0.717) is 16.7 Å². The highest BCUT2D eigenvalue weighted by Crippen LogP contribution is 2.17. The van der Waals surface area contributed by atoms with Gasteiger partial charge < -0.3 is 36.4 Å². The number of phenolic OH excluding ortho intramolecular Hbond substituents is 1. The zero-order valence-corrected chi connectivity index (χ0v) is 35.9. The van der Waals surface area contributed by atoms with Crippen LogP contribution in [0.15, 0.2) is 146 Å². The Kier molecular flexibility index (Phi) is 16.4. The van der Waals surface area contributed by atoms with Gasteiger partial charge in [0.2, 0.25) is 23.6 Å². The second-order valence-electron chi connectivity index (χ2n) is 16.5. The minimum absolute atomic E-state index is 0.00285. The SMILES string of the molecule is CC(C)CC1OC(=O)C(Cc2ccccc2)NC(=O)C(Cc2ccccc2)NC(=O)C(Cc2ccccc2)NC(=O)C(Cc2ccccc2)NC(=O)C(Cc2ccc(O)cc2)NC1=O. The van der Waals surface area contributed by atoms with Gasteiger partial charge in [0.15, 0.2) is 6.10 Å². The fraction of sp³-hybridized carbons (Fsp3) is 0.294. The molecule has 1 aliphatic rings. The lowest BCUT2D eigenvalue weighted by molar-refractivity contribution is -0.160. The first-order valence-electron chi connectivity index (χ1n) is 21.6. The van der Waals surface area contributed by atoms with Crippen LogP contribution in [0.1, 0.15) is 48.1 Å². The van der Waals surface area contributed by atoms with Gasteiger partial charge >= 0.3 is 5.97 Å². The number of amides is 5. The Morgan fingerprint density at radius 1 is 0.406 bits per heavy atom. The number of benzene rings is 5. The molecule has 0 saturated carbocycles. The molecule has 0 aliphatic carbocycles. The number of ether oxygens (including phenoxy) is 1. The number of rotatable bonds is 12. The number of hydrogen-bond donors (Lipinski definition) is 6. The van der Waals surface area contributed by atoms with Crippen molar-refractivity contribution >= 4 is 35.5 Å². The predicted octanol–water partition coefficient (Wildman–Crippen LogP) is 4.30. The fourth-order valence-corrected chi connectivity index (χ4v) is 7.51. The summed E-state index contributed by atoms with van der Waals surface area (Å²) in [5.74, 6) is -4.54. The number of carbonyl (C=O) groups excluding carboxylic acids is 6. The fourth-order valence-electron chi connectivity index (χ4n) is 7.51. The van der Waals surface area contributed by atoms with Crippen LogP contribution in [0.2, 0.25) is 0 Å². The van der Waals surface area contributed by atoms with E-state index in [1.807, 2.05) is 62.4 Å². The third-order valence-corrected chi connectivity index (χ3v) is 10.9. The number of esters is 1. The van der Waals surface area contributed by atoms with Crippen molar-refractivity contribution in [1.82, 2.24) is 26.6 Å². The zero-order chi connectivity index (χ0) is 45.4. The summed E-state index contributed by atoms with van der Waals surface area (Å²) >= 11 is 0. The van der Waals surface area contributed by atoms with E-state index in [0.717, 1.165) is 11.1 Å². The summed E-state index contributed by atoms with van der Waals surface area (Å²) in [4.78, 5) is 86.9. The first-order chi connectivity index (χ1) is 30.9. The smallest absolute Gasteiger partial charge is 0.329 e. The maximum atomic E-state index is 14.6. The highest BCUT2D eigenvalue weighted by Gasteiger charge is 2.36. The molecule has 6 unspecified atom stereocenters. The van der Waals surface area contributed by atoms with Crippen LogP contribution in [-0.2, 0) is 65.6 Å². The number of phenols is 1. The predicted molar refractivity (Wildman–Crippen MR) is 241 cm³/mol. The molecule has 64 heavy (non-hydrogen) atoms. The van der Waals surface area contributed by atoms with Crippen molar-refractivity contribution in [3.8, 4) is 5.75 Å². The lowest BCUT2D eigenvalue weighted by Gasteiger charge is -2.29. The summed E-state index contributed by atoms with van der Waals surface area (Å²) in [6.45, 7) is 3.70. The van der Waals surface area contributed by atoms with E-state index < -0.39 is 71.8 Å². The molecule has 13 nitrogen and oxygen atoms in total. The molecule has 6 atom stereocenters. The summed E-state index contributed by atoms with van der Waals surface area (Å²) in [6, 6.07) is 35.9. The van der Waals surface area contributed by atoms with E-state index in [1.54, 1.807) is 84.9 Å². The molecule has 5 aromatic carbocycles. The van der Waals surface area contributed by atoms with Crippen molar-refractivity contribution in [2.24, 2.45) is 5.92 Å². The molecule has 332 valence electrons. The largest absolute Gasteiger partial charge is 0.508 e. The molecule has 0 radical (unpaired) electrons. The van der Waals surface area contributed by atoms with Gasteiger partial charge in [-0.25, -0.2) is 4.79 Å². The van der Waals surface area contributed by atoms with Gasteiger partial charge in [0.1, 0.15) is 36.0 Å². The second-order valence-corrected chi connectivity index (χ2v) is 16.5. The molecule has 13 heteroatoms. The van der Waals surface area contributed by atoms with Crippen LogP contribution in [0, 0.1) is 5.92 Å². The summed E-state index contributed by atoms with van der Waals surface area (Å²) in [5.41, 5.74) is 3.42. The standard InChI is InChI=1S/C51H55N5O8/c1-33(2)27-45-50(62)55-43(31-38-23-25-39(57)26-24-38)48(60)53-41(29-35-17-9-4-10-18-35)46(58)52-40(28-34-15-7-3-8-16-34)47(59)54-42(30-36-19-11-5-12-20-36)49(61)56-44(51(63)64-45)32-37-21-13-6-14-22-37/h3-26,33,40-45,57H,27-32H2,1-2H3,(H,52,58)(H,53,60)(H,54,59)(H,55,62)(H,56,61). The van der Waals surface area contributed by atoms with Crippen LogP contribution < -0.4 is 26.6 Å². The topological polar surface area (TPSA) is 192 Å². The highest BCUT2D eigenvalue weighted by molar-refractivity contribution is 5.97. The first-order valence-corrected chi connectivity index (χ1v) is 21.6. The molecule has 0 aromatic heterocycles. The third kappa shape index (κ3) is 13.9. The Morgan fingerprint density at radius 2 is 0.688 bits per heavy atom.